The number of hydrogen-bond donors (Lipinski definition) is 1. The largest absolute Gasteiger partial charge is 0.440 e. The highest BCUT2D eigenvalue weighted by Gasteiger charge is 2.10. The van der Waals surface area contributed by atoms with Gasteiger partial charge in [0.15, 0.2) is 5.76 Å². The molecular weight excluding hydrogens is 284 g/mol. The van der Waals surface area contributed by atoms with Crippen molar-refractivity contribution in [1.29, 1.82) is 0 Å². The summed E-state index contributed by atoms with van der Waals surface area (Å²) in [5.74, 6) is 3.31. The molecule has 1 aromatic carbocycles. The summed E-state index contributed by atoms with van der Waals surface area (Å²) in [5.41, 5.74) is 1.03. The predicted octanol–water partition coefficient (Wildman–Crippen LogP) is 3.88. The molecule has 3 aromatic rings. The molecule has 0 bridgehead atoms. The molecule has 21 heavy (non-hydrogen) atoms. The Labute approximate surface area is 127 Å². The second-order valence-electron chi connectivity index (χ2n) is 4.93. The molecule has 6 heteroatoms. The molecular formula is C15H16N4OS. The summed E-state index contributed by atoms with van der Waals surface area (Å²) in [6.07, 6.45) is 1.75. The summed E-state index contributed by atoms with van der Waals surface area (Å²) >= 11 is 1.51. The van der Waals surface area contributed by atoms with Gasteiger partial charge in [0, 0.05) is 11.5 Å². The minimum atomic E-state index is 0.346. The third-order valence-electron chi connectivity index (χ3n) is 2.97. The molecule has 0 atom stereocenters. The highest BCUT2D eigenvalue weighted by Crippen LogP contribution is 2.24. The van der Waals surface area contributed by atoms with Gasteiger partial charge in [0.05, 0.1) is 11.9 Å². The molecule has 5 nitrogen and oxygen atoms in total. The molecule has 0 saturated heterocycles. The fourth-order valence-electron chi connectivity index (χ4n) is 1.82. The number of benzene rings is 1. The van der Waals surface area contributed by atoms with Crippen LogP contribution in [-0.4, -0.2) is 20.2 Å². The lowest BCUT2D eigenvalue weighted by Crippen LogP contribution is -1.89. The van der Waals surface area contributed by atoms with Crippen molar-refractivity contribution >= 4 is 11.8 Å². The highest BCUT2D eigenvalue weighted by atomic mass is 32.2. The van der Waals surface area contributed by atoms with E-state index < -0.39 is 0 Å². The van der Waals surface area contributed by atoms with Gasteiger partial charge in [-0.25, -0.2) is 9.97 Å². The van der Waals surface area contributed by atoms with Crippen LogP contribution in [0.5, 0.6) is 0 Å². The Morgan fingerprint density at radius 2 is 2.05 bits per heavy atom. The lowest BCUT2D eigenvalue weighted by molar-refractivity contribution is 0.530. The Hall–Kier alpha value is -2.08. The first kappa shape index (κ1) is 13.9. The van der Waals surface area contributed by atoms with E-state index in [1.165, 1.54) is 11.8 Å². The van der Waals surface area contributed by atoms with Gasteiger partial charge < -0.3 is 4.42 Å². The molecule has 0 radical (unpaired) electrons. The molecule has 3 rings (SSSR count). The molecule has 0 fully saturated rings. The van der Waals surface area contributed by atoms with Crippen molar-refractivity contribution in [3.63, 3.8) is 0 Å². The van der Waals surface area contributed by atoms with E-state index >= 15 is 0 Å². The standard InChI is InChI=1S/C15H16N4OS/c1-10(2)14-17-15(19-18-14)21-9-13-16-8-12(20-13)11-6-4-3-5-7-11/h3-8,10H,9H2,1-2H3,(H,17,18,19). The van der Waals surface area contributed by atoms with Crippen molar-refractivity contribution in [2.75, 3.05) is 0 Å². The second kappa shape index (κ2) is 6.13. The smallest absolute Gasteiger partial charge is 0.208 e. The number of thioether (sulfide) groups is 1. The van der Waals surface area contributed by atoms with Gasteiger partial charge in [0.25, 0.3) is 0 Å². The van der Waals surface area contributed by atoms with Crippen LogP contribution in [0, 0.1) is 0 Å². The first-order valence-electron chi connectivity index (χ1n) is 6.77. The second-order valence-corrected chi connectivity index (χ2v) is 5.87. The lowest BCUT2D eigenvalue weighted by Gasteiger charge is -1.96. The molecule has 0 aliphatic rings. The van der Waals surface area contributed by atoms with E-state index in [2.05, 4.69) is 34.0 Å². The quantitative estimate of drug-likeness (QED) is 0.724. The van der Waals surface area contributed by atoms with Crippen molar-refractivity contribution in [1.82, 2.24) is 20.2 Å². The Kier molecular flexibility index (Phi) is 4.06. The predicted molar refractivity (Wildman–Crippen MR) is 82.0 cm³/mol. The average Bonchev–Trinajstić information content (AvgIpc) is 3.15. The zero-order chi connectivity index (χ0) is 14.7. The molecule has 0 unspecified atom stereocenters. The Morgan fingerprint density at radius 1 is 1.24 bits per heavy atom. The molecule has 2 heterocycles. The summed E-state index contributed by atoms with van der Waals surface area (Å²) in [6.45, 7) is 4.16. The Bertz CT molecular complexity index is 705. The maximum absolute atomic E-state index is 5.75. The molecule has 2 aromatic heterocycles. The van der Waals surface area contributed by atoms with Gasteiger partial charge in [0.1, 0.15) is 5.82 Å². The third-order valence-corrected chi connectivity index (χ3v) is 3.80. The van der Waals surface area contributed by atoms with Crippen molar-refractivity contribution in [2.45, 2.75) is 30.7 Å². The maximum Gasteiger partial charge on any atom is 0.208 e. The van der Waals surface area contributed by atoms with Gasteiger partial charge in [-0.1, -0.05) is 55.9 Å². The van der Waals surface area contributed by atoms with Crippen LogP contribution in [0.15, 0.2) is 46.1 Å². The fourth-order valence-corrected chi connectivity index (χ4v) is 2.48. The third kappa shape index (κ3) is 3.33. The van der Waals surface area contributed by atoms with Crippen LogP contribution in [0.25, 0.3) is 11.3 Å². The number of aromatic nitrogens is 4. The van der Waals surface area contributed by atoms with E-state index in [0.29, 0.717) is 17.6 Å². The average molecular weight is 300 g/mol. The van der Waals surface area contributed by atoms with Crippen molar-refractivity contribution < 1.29 is 4.42 Å². The Balaban J connectivity index is 1.65. The van der Waals surface area contributed by atoms with Crippen LogP contribution in [-0.2, 0) is 5.75 Å². The number of rotatable bonds is 5. The van der Waals surface area contributed by atoms with Crippen LogP contribution in [0.3, 0.4) is 0 Å². The van der Waals surface area contributed by atoms with E-state index in [1.54, 1.807) is 6.20 Å². The summed E-state index contributed by atoms with van der Waals surface area (Å²) in [5, 5.41) is 7.83. The summed E-state index contributed by atoms with van der Waals surface area (Å²) in [6, 6.07) is 9.94. The molecule has 108 valence electrons. The van der Waals surface area contributed by atoms with E-state index in [9.17, 15) is 0 Å². The summed E-state index contributed by atoms with van der Waals surface area (Å²) in [4.78, 5) is 8.71. The topological polar surface area (TPSA) is 67.6 Å². The number of nitrogens with one attached hydrogen (secondary N) is 1. The number of aromatic amines is 1. The lowest BCUT2D eigenvalue weighted by atomic mass is 10.2. The van der Waals surface area contributed by atoms with Gasteiger partial charge in [-0.2, -0.15) is 0 Å². The van der Waals surface area contributed by atoms with Gasteiger partial charge >= 0.3 is 0 Å². The number of H-pyrrole nitrogens is 1. The Morgan fingerprint density at radius 3 is 2.76 bits per heavy atom. The normalized spacial score (nSPS) is 11.2. The van der Waals surface area contributed by atoms with Crippen molar-refractivity contribution in [3.05, 3.63) is 48.2 Å². The zero-order valence-electron chi connectivity index (χ0n) is 11.9. The minimum Gasteiger partial charge on any atom is -0.440 e. The fraction of sp³-hybridized carbons (Fsp3) is 0.267. The summed E-state index contributed by atoms with van der Waals surface area (Å²) < 4.78 is 5.75. The van der Waals surface area contributed by atoms with Crippen LogP contribution in [0.1, 0.15) is 31.5 Å². The highest BCUT2D eigenvalue weighted by molar-refractivity contribution is 7.98. The van der Waals surface area contributed by atoms with E-state index in [1.807, 2.05) is 30.3 Å². The monoisotopic (exact) mass is 300 g/mol. The first-order valence-corrected chi connectivity index (χ1v) is 7.76. The zero-order valence-corrected chi connectivity index (χ0v) is 12.7. The van der Waals surface area contributed by atoms with Crippen molar-refractivity contribution in [3.8, 4) is 11.3 Å². The van der Waals surface area contributed by atoms with Crippen molar-refractivity contribution in [2.24, 2.45) is 0 Å². The van der Waals surface area contributed by atoms with E-state index in [4.69, 9.17) is 4.42 Å². The minimum absolute atomic E-state index is 0.346. The number of nitrogens with zero attached hydrogens (tertiary/aromatic N) is 3. The summed E-state index contributed by atoms with van der Waals surface area (Å²) in [7, 11) is 0. The van der Waals surface area contributed by atoms with Crippen LogP contribution in [0.4, 0.5) is 0 Å². The number of hydrogen-bond acceptors (Lipinski definition) is 5. The van der Waals surface area contributed by atoms with Gasteiger partial charge in [-0.3, -0.25) is 5.10 Å². The van der Waals surface area contributed by atoms with Crippen LogP contribution >= 0.6 is 11.8 Å². The van der Waals surface area contributed by atoms with Gasteiger partial charge in [-0.05, 0) is 0 Å². The van der Waals surface area contributed by atoms with Crippen LogP contribution < -0.4 is 0 Å². The maximum atomic E-state index is 5.75. The molecule has 0 aliphatic heterocycles. The molecule has 0 amide bonds. The molecule has 0 saturated carbocycles. The van der Waals surface area contributed by atoms with Gasteiger partial charge in [0.2, 0.25) is 11.0 Å². The molecule has 1 N–H and O–H groups in total. The van der Waals surface area contributed by atoms with Gasteiger partial charge in [-0.15, -0.1) is 5.10 Å². The molecule has 0 aliphatic carbocycles. The van der Waals surface area contributed by atoms with Crippen LogP contribution in [0.2, 0.25) is 0 Å². The SMILES string of the molecule is CC(C)c1nc(SCc2ncc(-c3ccccc3)o2)n[nH]1. The van der Waals surface area contributed by atoms with E-state index in [-0.39, 0.29) is 0 Å². The first-order chi connectivity index (χ1) is 10.2. The molecule has 0 spiro atoms. The van der Waals surface area contributed by atoms with E-state index in [0.717, 1.165) is 22.3 Å². The number of oxazole rings is 1.